The van der Waals surface area contributed by atoms with Crippen LogP contribution in [-0.4, -0.2) is 106 Å². The van der Waals surface area contributed by atoms with Crippen molar-refractivity contribution < 1.29 is 34.3 Å². The first-order chi connectivity index (χ1) is 14.8. The molecule has 1 aromatic rings. The lowest BCUT2D eigenvalue weighted by Crippen LogP contribution is -2.79. The van der Waals surface area contributed by atoms with Crippen molar-refractivity contribution in [1.82, 2.24) is 25.9 Å². The van der Waals surface area contributed by atoms with Gasteiger partial charge in [-0.3, -0.25) is 9.78 Å². The molecule has 1 aliphatic carbocycles. The maximum atomic E-state index is 12.7. The average molecular weight is 439 g/mol. The Bertz CT molecular complexity index is 788. The third-order valence-corrected chi connectivity index (χ3v) is 6.25. The van der Waals surface area contributed by atoms with E-state index in [1.54, 1.807) is 21.0 Å². The highest BCUT2D eigenvalue weighted by atomic mass is 16.8. The summed E-state index contributed by atoms with van der Waals surface area (Å²) in [6.07, 6.45) is -1.16. The van der Waals surface area contributed by atoms with E-state index in [4.69, 9.17) is 14.2 Å². The van der Waals surface area contributed by atoms with Crippen LogP contribution >= 0.6 is 0 Å². The number of nitrogens with zero attached hydrogens (tertiary/aromatic N) is 2. The molecule has 12 heteroatoms. The van der Waals surface area contributed by atoms with E-state index in [-0.39, 0.29) is 18.2 Å². The normalized spacial score (nSPS) is 44.8. The number of fused-ring (bicyclic) bond motifs is 2. The number of ether oxygens (including phenoxy) is 3. The van der Waals surface area contributed by atoms with Crippen LogP contribution in [0.15, 0.2) is 18.6 Å². The lowest BCUT2D eigenvalue weighted by Gasteiger charge is -2.58. The number of nitrogens with one attached hydrogen (secondary N) is 3. The molecule has 4 rings (SSSR count). The van der Waals surface area contributed by atoms with Crippen LogP contribution in [0, 0.1) is 0 Å². The SMILES string of the molecule is CN[C@@H]1[C@H](O)[C@H](NC)C2O[C@]3(O)C(OC2[C@H]1O)O[C@H](C)C[C@H]3NC(=O)c1cnccn1. The molecule has 6 N–H and O–H groups in total. The number of hydrogen-bond donors (Lipinski definition) is 6. The molecule has 1 saturated carbocycles. The van der Waals surface area contributed by atoms with Crippen molar-refractivity contribution in [3.8, 4) is 0 Å². The molecule has 10 atom stereocenters. The Hall–Kier alpha value is -1.77. The fourth-order valence-corrected chi connectivity index (χ4v) is 4.67. The molecule has 0 aromatic carbocycles. The maximum absolute atomic E-state index is 12.7. The van der Waals surface area contributed by atoms with Crippen LogP contribution in [0.4, 0.5) is 0 Å². The first-order valence-corrected chi connectivity index (χ1v) is 10.3. The minimum absolute atomic E-state index is 0.0878. The molecular formula is C19H29N5O7. The summed E-state index contributed by atoms with van der Waals surface area (Å²) in [6, 6.07) is -2.24. The molecule has 1 amide bonds. The largest absolute Gasteiger partial charge is 0.390 e. The van der Waals surface area contributed by atoms with Gasteiger partial charge in [-0.25, -0.2) is 4.98 Å². The van der Waals surface area contributed by atoms with Crippen molar-refractivity contribution in [2.75, 3.05) is 14.1 Å². The second-order valence-corrected chi connectivity index (χ2v) is 8.18. The second kappa shape index (κ2) is 8.64. The minimum atomic E-state index is -2.05. The van der Waals surface area contributed by atoms with Crippen molar-refractivity contribution in [3.05, 3.63) is 24.3 Å². The summed E-state index contributed by atoms with van der Waals surface area (Å²) in [6.45, 7) is 1.78. The topological polar surface area (TPSA) is 167 Å². The van der Waals surface area contributed by atoms with E-state index >= 15 is 0 Å². The smallest absolute Gasteiger partial charge is 0.271 e. The summed E-state index contributed by atoms with van der Waals surface area (Å²) >= 11 is 0. The number of hydrogen-bond acceptors (Lipinski definition) is 11. The summed E-state index contributed by atoms with van der Waals surface area (Å²) in [5.41, 5.74) is 0.0878. The summed E-state index contributed by atoms with van der Waals surface area (Å²) in [4.78, 5) is 20.5. The molecule has 3 unspecified atom stereocenters. The van der Waals surface area contributed by atoms with Gasteiger partial charge in [0.1, 0.15) is 24.0 Å². The highest BCUT2D eigenvalue weighted by Crippen LogP contribution is 2.41. The molecule has 0 radical (unpaired) electrons. The van der Waals surface area contributed by atoms with Gasteiger partial charge in [0, 0.05) is 12.4 Å². The number of aliphatic hydroxyl groups is 3. The Morgan fingerprint density at radius 2 is 1.87 bits per heavy atom. The molecule has 12 nitrogen and oxygen atoms in total. The predicted molar refractivity (Wildman–Crippen MR) is 105 cm³/mol. The predicted octanol–water partition coefficient (Wildman–Crippen LogP) is -2.91. The van der Waals surface area contributed by atoms with E-state index in [0.717, 1.165) is 0 Å². The van der Waals surface area contributed by atoms with Crippen LogP contribution in [0.3, 0.4) is 0 Å². The molecule has 0 spiro atoms. The van der Waals surface area contributed by atoms with E-state index in [1.165, 1.54) is 18.6 Å². The Balaban J connectivity index is 1.61. The van der Waals surface area contributed by atoms with Crippen molar-refractivity contribution in [3.63, 3.8) is 0 Å². The number of carbonyl (C=O) groups excluding carboxylic acids is 1. The fourth-order valence-electron chi connectivity index (χ4n) is 4.67. The van der Waals surface area contributed by atoms with Gasteiger partial charge < -0.3 is 45.5 Å². The molecule has 172 valence electrons. The van der Waals surface area contributed by atoms with Gasteiger partial charge in [-0.15, -0.1) is 0 Å². The molecule has 3 heterocycles. The summed E-state index contributed by atoms with van der Waals surface area (Å²) in [7, 11) is 3.27. The molecule has 2 aliphatic heterocycles. The zero-order valence-electron chi connectivity index (χ0n) is 17.5. The minimum Gasteiger partial charge on any atom is -0.390 e. The third-order valence-electron chi connectivity index (χ3n) is 6.25. The van der Waals surface area contributed by atoms with Gasteiger partial charge in [0.15, 0.2) is 0 Å². The Morgan fingerprint density at radius 3 is 2.52 bits per heavy atom. The lowest BCUT2D eigenvalue weighted by atomic mass is 9.79. The van der Waals surface area contributed by atoms with Gasteiger partial charge in [0.25, 0.3) is 5.91 Å². The van der Waals surface area contributed by atoms with E-state index in [1.807, 2.05) is 0 Å². The number of aliphatic hydroxyl groups excluding tert-OH is 2. The molecule has 31 heavy (non-hydrogen) atoms. The summed E-state index contributed by atoms with van der Waals surface area (Å²) < 4.78 is 17.8. The van der Waals surface area contributed by atoms with Crippen molar-refractivity contribution >= 4 is 5.91 Å². The average Bonchev–Trinajstić information content (AvgIpc) is 2.75. The number of amides is 1. The van der Waals surface area contributed by atoms with E-state index in [0.29, 0.717) is 0 Å². The van der Waals surface area contributed by atoms with Crippen LogP contribution in [0.2, 0.25) is 0 Å². The van der Waals surface area contributed by atoms with Gasteiger partial charge in [0.2, 0.25) is 12.1 Å². The summed E-state index contributed by atoms with van der Waals surface area (Å²) in [5, 5.41) is 41.6. The molecule has 3 fully saturated rings. The number of rotatable bonds is 4. The Kier molecular flexibility index (Phi) is 6.25. The van der Waals surface area contributed by atoms with E-state index < -0.39 is 60.5 Å². The number of likely N-dealkylation sites (N-methyl/N-ethyl adjacent to an activating group) is 2. The Labute approximate surface area is 179 Å². The van der Waals surface area contributed by atoms with Crippen molar-refractivity contribution in [1.29, 1.82) is 0 Å². The van der Waals surface area contributed by atoms with Crippen LogP contribution in [0.25, 0.3) is 0 Å². The highest BCUT2D eigenvalue weighted by Gasteiger charge is 2.63. The van der Waals surface area contributed by atoms with Crippen LogP contribution in [0.5, 0.6) is 0 Å². The zero-order chi connectivity index (χ0) is 22.3. The van der Waals surface area contributed by atoms with Crippen molar-refractivity contribution in [2.24, 2.45) is 0 Å². The first kappa shape index (κ1) is 22.4. The van der Waals surface area contributed by atoms with E-state index in [9.17, 15) is 20.1 Å². The summed E-state index contributed by atoms with van der Waals surface area (Å²) in [5.74, 6) is -2.58. The Morgan fingerprint density at radius 1 is 1.13 bits per heavy atom. The van der Waals surface area contributed by atoms with Gasteiger partial charge in [-0.05, 0) is 27.4 Å². The van der Waals surface area contributed by atoms with Crippen LogP contribution in [0.1, 0.15) is 23.8 Å². The first-order valence-electron chi connectivity index (χ1n) is 10.3. The van der Waals surface area contributed by atoms with Gasteiger partial charge in [-0.1, -0.05) is 0 Å². The number of carbonyl (C=O) groups is 1. The maximum Gasteiger partial charge on any atom is 0.271 e. The van der Waals surface area contributed by atoms with Gasteiger partial charge in [-0.2, -0.15) is 0 Å². The van der Waals surface area contributed by atoms with Crippen molar-refractivity contribution in [2.45, 2.75) is 74.1 Å². The molecule has 1 aromatic heterocycles. The van der Waals surface area contributed by atoms with Gasteiger partial charge in [0.05, 0.1) is 36.5 Å². The zero-order valence-corrected chi connectivity index (χ0v) is 17.5. The molecule has 2 saturated heterocycles. The molecular weight excluding hydrogens is 410 g/mol. The molecule has 3 aliphatic rings. The highest BCUT2D eigenvalue weighted by molar-refractivity contribution is 5.92. The third kappa shape index (κ3) is 3.83. The standard InChI is InChI=1S/C19H29N5O7/c1-8-6-10(24-17(27)9-7-22-4-5-23-9)19(28)18(29-8)30-16-14(26)11(20-2)13(25)12(21-3)15(16)31-19/h4-5,7-8,10-16,18,20-21,25-26,28H,6H2,1-3H3,(H,24,27)/t8-,10-,11-,12+,13+,14+,15?,16?,18?,19+/m1/s1. The monoisotopic (exact) mass is 439 g/mol. The lowest BCUT2D eigenvalue weighted by molar-refractivity contribution is -0.448. The fraction of sp³-hybridized carbons (Fsp3) is 0.737. The second-order valence-electron chi connectivity index (χ2n) is 8.18. The molecule has 0 bridgehead atoms. The van der Waals surface area contributed by atoms with Crippen LogP contribution < -0.4 is 16.0 Å². The van der Waals surface area contributed by atoms with Crippen LogP contribution in [-0.2, 0) is 14.2 Å². The van der Waals surface area contributed by atoms with Gasteiger partial charge >= 0.3 is 0 Å². The number of aromatic nitrogens is 2. The quantitative estimate of drug-likeness (QED) is 0.285. The van der Waals surface area contributed by atoms with E-state index in [2.05, 4.69) is 25.9 Å².